The van der Waals surface area contributed by atoms with Crippen LogP contribution in [-0.2, 0) is 0 Å². The summed E-state index contributed by atoms with van der Waals surface area (Å²) in [5.41, 5.74) is 12.2. The molecule has 0 radical (unpaired) electrons. The average molecular weight is 361 g/mol. The molecular formula is C17H21ClN6O. The van der Waals surface area contributed by atoms with Gasteiger partial charge in [0.15, 0.2) is 11.5 Å². The highest BCUT2D eigenvalue weighted by Gasteiger charge is 2.27. The van der Waals surface area contributed by atoms with Crippen LogP contribution >= 0.6 is 11.6 Å². The number of benzene rings is 1. The molecule has 8 heteroatoms. The normalized spacial score (nSPS) is 16.5. The predicted molar refractivity (Wildman–Crippen MR) is 99.4 cm³/mol. The fourth-order valence-corrected chi connectivity index (χ4v) is 2.83. The van der Waals surface area contributed by atoms with Gasteiger partial charge in [0.25, 0.3) is 0 Å². The maximum Gasteiger partial charge on any atom is 0.241 e. The quantitative estimate of drug-likeness (QED) is 0.572. The minimum atomic E-state index is -0.196. The largest absolute Gasteiger partial charge is 0.436 e. The monoisotopic (exact) mass is 360 g/mol. The van der Waals surface area contributed by atoms with E-state index in [1.807, 2.05) is 0 Å². The number of nitrogens with two attached hydrogens (primary N) is 2. The first-order chi connectivity index (χ1) is 11.9. The van der Waals surface area contributed by atoms with E-state index in [0.29, 0.717) is 16.6 Å². The SMILES string of the molecule is CC1(N)CCN(c2cnc(C(=N)Oc3ccccc3Cl)c(N)n2)CC1. The summed E-state index contributed by atoms with van der Waals surface area (Å²) < 4.78 is 5.46. The van der Waals surface area contributed by atoms with Gasteiger partial charge in [0, 0.05) is 18.6 Å². The molecule has 1 fully saturated rings. The van der Waals surface area contributed by atoms with E-state index in [1.54, 1.807) is 30.5 Å². The molecule has 7 nitrogen and oxygen atoms in total. The van der Waals surface area contributed by atoms with Crippen LogP contribution in [0.15, 0.2) is 30.5 Å². The molecule has 0 spiro atoms. The smallest absolute Gasteiger partial charge is 0.241 e. The molecule has 2 heterocycles. The van der Waals surface area contributed by atoms with E-state index < -0.39 is 0 Å². The van der Waals surface area contributed by atoms with Gasteiger partial charge in [-0.3, -0.25) is 5.41 Å². The van der Waals surface area contributed by atoms with Gasteiger partial charge in [-0.1, -0.05) is 23.7 Å². The van der Waals surface area contributed by atoms with Crippen molar-refractivity contribution in [3.8, 4) is 5.75 Å². The van der Waals surface area contributed by atoms with Gasteiger partial charge in [0.1, 0.15) is 11.6 Å². The molecule has 1 aromatic heterocycles. The predicted octanol–water partition coefficient (Wildman–Crippen LogP) is 2.43. The Morgan fingerprint density at radius 3 is 2.64 bits per heavy atom. The van der Waals surface area contributed by atoms with Crippen molar-refractivity contribution in [2.24, 2.45) is 5.73 Å². The van der Waals surface area contributed by atoms with Crippen LogP contribution in [-0.4, -0.2) is 34.5 Å². The van der Waals surface area contributed by atoms with Gasteiger partial charge < -0.3 is 21.1 Å². The molecule has 3 rings (SSSR count). The Bertz CT molecular complexity index is 784. The second-order valence-electron chi connectivity index (χ2n) is 6.46. The van der Waals surface area contributed by atoms with Gasteiger partial charge in [-0.25, -0.2) is 9.97 Å². The van der Waals surface area contributed by atoms with Gasteiger partial charge in [0.2, 0.25) is 5.90 Å². The molecule has 0 bridgehead atoms. The number of aromatic nitrogens is 2. The number of para-hydroxylation sites is 1. The first kappa shape index (κ1) is 17.4. The molecule has 5 N–H and O–H groups in total. The zero-order valence-electron chi connectivity index (χ0n) is 14.0. The number of piperidine rings is 1. The summed E-state index contributed by atoms with van der Waals surface area (Å²) in [6.45, 7) is 3.66. The highest BCUT2D eigenvalue weighted by Crippen LogP contribution is 2.26. The summed E-state index contributed by atoms with van der Waals surface area (Å²) in [4.78, 5) is 10.7. The summed E-state index contributed by atoms with van der Waals surface area (Å²) in [5.74, 6) is 1.01. The number of hydrogen-bond acceptors (Lipinski definition) is 7. The van der Waals surface area contributed by atoms with Crippen molar-refractivity contribution in [3.05, 3.63) is 41.2 Å². The Morgan fingerprint density at radius 1 is 1.32 bits per heavy atom. The number of nitrogens with one attached hydrogen (secondary N) is 1. The molecule has 0 atom stereocenters. The Morgan fingerprint density at radius 2 is 2.00 bits per heavy atom. The van der Waals surface area contributed by atoms with Crippen LogP contribution in [0.5, 0.6) is 5.75 Å². The van der Waals surface area contributed by atoms with Gasteiger partial charge in [-0.05, 0) is 31.9 Å². The Labute approximate surface area is 151 Å². The Balaban J connectivity index is 1.74. The molecule has 0 saturated carbocycles. The highest BCUT2D eigenvalue weighted by atomic mass is 35.5. The van der Waals surface area contributed by atoms with Crippen molar-refractivity contribution in [2.45, 2.75) is 25.3 Å². The van der Waals surface area contributed by atoms with Crippen LogP contribution in [0, 0.1) is 5.41 Å². The first-order valence-electron chi connectivity index (χ1n) is 8.03. The zero-order chi connectivity index (χ0) is 18.0. The summed E-state index contributed by atoms with van der Waals surface area (Å²) in [5, 5.41) is 8.49. The molecule has 25 heavy (non-hydrogen) atoms. The summed E-state index contributed by atoms with van der Waals surface area (Å²) in [7, 11) is 0. The lowest BCUT2D eigenvalue weighted by molar-refractivity contribution is 0.363. The van der Waals surface area contributed by atoms with Crippen molar-refractivity contribution >= 4 is 29.1 Å². The summed E-state index contributed by atoms with van der Waals surface area (Å²) in [6.07, 6.45) is 3.36. The van der Waals surface area contributed by atoms with E-state index in [1.165, 1.54) is 0 Å². The standard InChI is InChI=1S/C17H21ClN6O/c1-17(21)6-8-24(9-7-17)13-10-22-14(15(19)23-13)16(20)25-12-5-3-2-4-11(12)18/h2-5,10,20H,6-9,21H2,1H3,(H2,19,23). The molecule has 0 unspecified atom stereocenters. The fraction of sp³-hybridized carbons (Fsp3) is 0.353. The average Bonchev–Trinajstić information content (AvgIpc) is 2.56. The van der Waals surface area contributed by atoms with Gasteiger partial charge in [-0.2, -0.15) is 0 Å². The molecule has 1 aromatic carbocycles. The summed E-state index contributed by atoms with van der Waals surface area (Å²) in [6, 6.07) is 6.91. The van der Waals surface area contributed by atoms with Crippen molar-refractivity contribution in [3.63, 3.8) is 0 Å². The third-order valence-corrected chi connectivity index (χ3v) is 4.59. The number of nitrogens with zero attached hydrogens (tertiary/aromatic N) is 3. The lowest BCUT2D eigenvalue weighted by atomic mass is 9.91. The Hall–Kier alpha value is -2.38. The molecule has 132 valence electrons. The lowest BCUT2D eigenvalue weighted by Crippen LogP contribution is -2.48. The second kappa shape index (κ2) is 6.85. The number of ether oxygens (including phenoxy) is 1. The fourth-order valence-electron chi connectivity index (χ4n) is 2.65. The second-order valence-corrected chi connectivity index (χ2v) is 6.87. The van der Waals surface area contributed by atoms with Crippen molar-refractivity contribution in [1.29, 1.82) is 5.41 Å². The minimum Gasteiger partial charge on any atom is -0.436 e. The molecule has 2 aromatic rings. The highest BCUT2D eigenvalue weighted by molar-refractivity contribution is 6.32. The maximum atomic E-state index is 8.08. The topological polar surface area (TPSA) is 114 Å². The van der Waals surface area contributed by atoms with Crippen LogP contribution in [0.2, 0.25) is 5.02 Å². The lowest BCUT2D eigenvalue weighted by Gasteiger charge is -2.37. The van der Waals surface area contributed by atoms with E-state index in [0.717, 1.165) is 25.9 Å². The number of nitrogen functional groups attached to an aromatic ring is 1. The molecule has 1 saturated heterocycles. The van der Waals surface area contributed by atoms with Crippen molar-refractivity contribution in [2.75, 3.05) is 23.7 Å². The third kappa shape index (κ3) is 4.00. The van der Waals surface area contributed by atoms with Crippen LogP contribution in [0.1, 0.15) is 25.5 Å². The van der Waals surface area contributed by atoms with E-state index >= 15 is 0 Å². The molecule has 0 aliphatic carbocycles. The van der Waals surface area contributed by atoms with Crippen LogP contribution in [0.25, 0.3) is 0 Å². The van der Waals surface area contributed by atoms with Gasteiger partial charge in [-0.15, -0.1) is 0 Å². The molecular weight excluding hydrogens is 340 g/mol. The van der Waals surface area contributed by atoms with Crippen LogP contribution < -0.4 is 21.1 Å². The molecule has 0 amide bonds. The Kier molecular flexibility index (Phi) is 4.78. The van der Waals surface area contributed by atoms with E-state index in [2.05, 4.69) is 21.8 Å². The van der Waals surface area contributed by atoms with Gasteiger partial charge in [0.05, 0.1) is 11.2 Å². The first-order valence-corrected chi connectivity index (χ1v) is 8.41. The zero-order valence-corrected chi connectivity index (χ0v) is 14.8. The van der Waals surface area contributed by atoms with Crippen LogP contribution in [0.4, 0.5) is 11.6 Å². The number of rotatable bonds is 3. The number of hydrogen-bond donors (Lipinski definition) is 3. The maximum absolute atomic E-state index is 8.08. The molecule has 1 aliphatic heterocycles. The third-order valence-electron chi connectivity index (χ3n) is 4.28. The number of halogens is 1. The number of anilines is 2. The van der Waals surface area contributed by atoms with Crippen molar-refractivity contribution < 1.29 is 4.74 Å². The van der Waals surface area contributed by atoms with Gasteiger partial charge >= 0.3 is 0 Å². The van der Waals surface area contributed by atoms with E-state index in [4.69, 9.17) is 33.2 Å². The van der Waals surface area contributed by atoms with E-state index in [9.17, 15) is 0 Å². The van der Waals surface area contributed by atoms with Crippen molar-refractivity contribution in [1.82, 2.24) is 9.97 Å². The van der Waals surface area contributed by atoms with Crippen LogP contribution in [0.3, 0.4) is 0 Å². The summed E-state index contributed by atoms with van der Waals surface area (Å²) >= 11 is 6.04. The molecule has 1 aliphatic rings. The minimum absolute atomic E-state index is 0.139. The van der Waals surface area contributed by atoms with E-state index in [-0.39, 0.29) is 22.9 Å².